The van der Waals surface area contributed by atoms with Gasteiger partial charge in [0.1, 0.15) is 30.0 Å². The molecule has 31 heavy (non-hydrogen) atoms. The normalized spacial score (nSPS) is 25.3. The van der Waals surface area contributed by atoms with Crippen LogP contribution < -0.4 is 5.32 Å². The Morgan fingerprint density at radius 1 is 1.32 bits per heavy atom. The minimum absolute atomic E-state index is 0.228. The van der Waals surface area contributed by atoms with Crippen molar-refractivity contribution in [2.45, 2.75) is 38.0 Å². The number of carbonyl (C=O) groups excluding carboxylic acids is 1. The average Bonchev–Trinajstić information content (AvgIpc) is 3.22. The number of rotatable bonds is 3. The number of aromatic nitrogens is 3. The van der Waals surface area contributed by atoms with Crippen LogP contribution in [0.25, 0.3) is 11.0 Å². The van der Waals surface area contributed by atoms with Crippen LogP contribution in [0.3, 0.4) is 0 Å². The molecule has 0 aliphatic carbocycles. The van der Waals surface area contributed by atoms with Crippen molar-refractivity contribution in [3.63, 3.8) is 0 Å². The highest BCUT2D eigenvalue weighted by Crippen LogP contribution is 2.43. The molecule has 4 rings (SSSR count). The molecular weight excluding hydrogens is 403 g/mol. The van der Waals surface area contributed by atoms with Gasteiger partial charge in [-0.05, 0) is 19.1 Å². The van der Waals surface area contributed by atoms with Crippen molar-refractivity contribution in [1.82, 2.24) is 14.5 Å². The molecule has 2 aromatic heterocycles. The summed E-state index contributed by atoms with van der Waals surface area (Å²) in [5, 5.41) is 22.8. The summed E-state index contributed by atoms with van der Waals surface area (Å²) in [7, 11) is 0. The molecule has 1 aliphatic rings. The fraction of sp³-hybridized carbons (Fsp3) is 0.318. The Balaban J connectivity index is 1.90. The van der Waals surface area contributed by atoms with Gasteiger partial charge in [0.15, 0.2) is 11.9 Å². The molecule has 0 radical (unpaired) electrons. The van der Waals surface area contributed by atoms with Crippen LogP contribution in [-0.4, -0.2) is 55.1 Å². The van der Waals surface area contributed by atoms with Crippen molar-refractivity contribution in [2.24, 2.45) is 0 Å². The van der Waals surface area contributed by atoms with Gasteiger partial charge in [-0.15, -0.1) is 0 Å². The molecule has 1 saturated heterocycles. The second-order valence-corrected chi connectivity index (χ2v) is 7.47. The van der Waals surface area contributed by atoms with Gasteiger partial charge in [0.2, 0.25) is 5.91 Å². The van der Waals surface area contributed by atoms with Gasteiger partial charge in [-0.1, -0.05) is 30.0 Å². The van der Waals surface area contributed by atoms with Crippen molar-refractivity contribution in [3.05, 3.63) is 54.0 Å². The van der Waals surface area contributed by atoms with Crippen LogP contribution in [0.15, 0.2) is 42.9 Å². The van der Waals surface area contributed by atoms with E-state index in [0.29, 0.717) is 10.9 Å². The molecule has 0 bridgehead atoms. The van der Waals surface area contributed by atoms with E-state index in [1.165, 1.54) is 24.7 Å². The lowest BCUT2D eigenvalue weighted by atomic mass is 9.98. The first-order valence-electron chi connectivity index (χ1n) is 9.66. The number of halogens is 1. The van der Waals surface area contributed by atoms with Crippen molar-refractivity contribution < 1.29 is 24.1 Å². The molecule has 0 spiro atoms. The molecule has 160 valence electrons. The maximum atomic E-state index is 15.4. The number of alkyl halides is 1. The lowest BCUT2D eigenvalue weighted by Gasteiger charge is -2.25. The lowest BCUT2D eigenvalue weighted by molar-refractivity contribution is -0.114. The molecule has 3 N–H and O–H groups in total. The molecule has 9 heteroatoms. The van der Waals surface area contributed by atoms with Crippen molar-refractivity contribution in [3.8, 4) is 11.8 Å². The maximum Gasteiger partial charge on any atom is 0.222 e. The molecule has 1 amide bonds. The Morgan fingerprint density at radius 3 is 2.71 bits per heavy atom. The fourth-order valence-corrected chi connectivity index (χ4v) is 3.64. The number of hydrogen-bond acceptors (Lipinski definition) is 6. The van der Waals surface area contributed by atoms with Gasteiger partial charge in [0.25, 0.3) is 0 Å². The van der Waals surface area contributed by atoms with E-state index in [-0.39, 0.29) is 17.4 Å². The number of amides is 1. The van der Waals surface area contributed by atoms with Crippen LogP contribution in [-0.2, 0) is 9.53 Å². The summed E-state index contributed by atoms with van der Waals surface area (Å²) < 4.78 is 22.5. The standard InChI is InChI=1S/C22H21FN4O4/c1-13(29)26-19-17-15(9-8-14-6-4-3-5-7-14)10-27(20(17)25-12-24-19)21-22(2,23)18(30)16(11-28)31-21/h3-7,10,12,16,18,21,28,30H,11H2,1-2H3,(H,24,25,26,29)/t16?,18?,21-,22-/m1/s1. The first-order valence-corrected chi connectivity index (χ1v) is 9.66. The number of aliphatic hydroxyl groups excluding tert-OH is 2. The summed E-state index contributed by atoms with van der Waals surface area (Å²) in [5.74, 6) is 5.96. The smallest absolute Gasteiger partial charge is 0.222 e. The van der Waals surface area contributed by atoms with Gasteiger partial charge in [-0.25, -0.2) is 14.4 Å². The van der Waals surface area contributed by atoms with Crippen molar-refractivity contribution in [2.75, 3.05) is 11.9 Å². The maximum absolute atomic E-state index is 15.4. The summed E-state index contributed by atoms with van der Waals surface area (Å²) in [6, 6.07) is 9.28. The molecule has 1 fully saturated rings. The molecule has 3 heterocycles. The third-order valence-electron chi connectivity index (χ3n) is 5.17. The Kier molecular flexibility index (Phi) is 5.45. The highest BCUT2D eigenvalue weighted by Gasteiger charge is 2.55. The number of fused-ring (bicyclic) bond motifs is 1. The second-order valence-electron chi connectivity index (χ2n) is 7.47. The average molecular weight is 424 g/mol. The number of carbonyl (C=O) groups is 1. The minimum atomic E-state index is -2.21. The molecular formula is C22H21FN4O4. The van der Waals surface area contributed by atoms with Crippen LogP contribution in [0.1, 0.15) is 31.2 Å². The summed E-state index contributed by atoms with van der Waals surface area (Å²) in [6.45, 7) is 2.01. The van der Waals surface area contributed by atoms with Crippen molar-refractivity contribution in [1.29, 1.82) is 0 Å². The second kappa shape index (κ2) is 8.07. The first-order chi connectivity index (χ1) is 14.8. The number of aliphatic hydroxyl groups is 2. The molecule has 2 unspecified atom stereocenters. The highest BCUT2D eigenvalue weighted by molar-refractivity contribution is 6.00. The van der Waals surface area contributed by atoms with Gasteiger partial charge in [0.05, 0.1) is 17.6 Å². The number of hydrogen-bond donors (Lipinski definition) is 3. The van der Waals surface area contributed by atoms with Crippen LogP contribution in [0.5, 0.6) is 0 Å². The fourth-order valence-electron chi connectivity index (χ4n) is 3.64. The van der Waals surface area contributed by atoms with E-state index in [1.54, 1.807) is 6.20 Å². The predicted molar refractivity (Wildman–Crippen MR) is 111 cm³/mol. The third-order valence-corrected chi connectivity index (χ3v) is 5.17. The first kappa shape index (κ1) is 20.9. The molecule has 3 aromatic rings. The monoisotopic (exact) mass is 424 g/mol. The zero-order valence-electron chi connectivity index (χ0n) is 16.9. The van der Waals surface area contributed by atoms with Crippen LogP contribution in [0, 0.1) is 11.8 Å². The van der Waals surface area contributed by atoms with E-state index in [2.05, 4.69) is 27.1 Å². The third kappa shape index (κ3) is 3.77. The van der Waals surface area contributed by atoms with Gasteiger partial charge >= 0.3 is 0 Å². The predicted octanol–water partition coefficient (Wildman–Crippen LogP) is 1.77. The Morgan fingerprint density at radius 2 is 2.06 bits per heavy atom. The van der Waals surface area contributed by atoms with Gasteiger partial charge in [-0.3, -0.25) is 4.79 Å². The summed E-state index contributed by atoms with van der Waals surface area (Å²) in [4.78, 5) is 20.1. The van der Waals surface area contributed by atoms with E-state index < -0.39 is 30.7 Å². The Hall–Kier alpha value is -3.32. The number of ether oxygens (including phenoxy) is 1. The van der Waals surface area contributed by atoms with E-state index in [9.17, 15) is 15.0 Å². The summed E-state index contributed by atoms with van der Waals surface area (Å²) in [5.41, 5.74) is -0.715. The molecule has 4 atom stereocenters. The number of anilines is 1. The molecule has 1 aromatic carbocycles. The van der Waals surface area contributed by atoms with Gasteiger partial charge in [-0.2, -0.15) is 0 Å². The quantitative estimate of drug-likeness (QED) is 0.553. The van der Waals surface area contributed by atoms with E-state index >= 15 is 4.39 Å². The van der Waals surface area contributed by atoms with Crippen molar-refractivity contribution >= 4 is 22.8 Å². The van der Waals surface area contributed by atoms with E-state index in [1.807, 2.05) is 30.3 Å². The van der Waals surface area contributed by atoms with Crippen LogP contribution >= 0.6 is 0 Å². The van der Waals surface area contributed by atoms with Crippen LogP contribution in [0.4, 0.5) is 10.2 Å². The SMILES string of the molecule is CC(=O)Nc1ncnc2c1c(C#Cc1ccccc1)cn2[C@@H]1OC(CO)C(O)[C@@]1(C)F. The minimum Gasteiger partial charge on any atom is -0.394 e. The zero-order valence-corrected chi connectivity index (χ0v) is 16.9. The summed E-state index contributed by atoms with van der Waals surface area (Å²) in [6.07, 6.45) is -1.10. The highest BCUT2D eigenvalue weighted by atomic mass is 19.1. The molecule has 8 nitrogen and oxygen atoms in total. The Labute approximate surface area is 177 Å². The summed E-state index contributed by atoms with van der Waals surface area (Å²) >= 11 is 0. The lowest BCUT2D eigenvalue weighted by Crippen LogP contribution is -2.40. The Bertz CT molecular complexity index is 1180. The van der Waals surface area contributed by atoms with Crippen LogP contribution in [0.2, 0.25) is 0 Å². The van der Waals surface area contributed by atoms with Gasteiger partial charge < -0.3 is 24.8 Å². The molecule has 1 aliphatic heterocycles. The van der Waals surface area contributed by atoms with E-state index in [0.717, 1.165) is 5.56 Å². The van der Waals surface area contributed by atoms with Gasteiger partial charge in [0, 0.05) is 18.7 Å². The molecule has 0 saturated carbocycles. The van der Waals surface area contributed by atoms with E-state index in [4.69, 9.17) is 4.74 Å². The zero-order chi connectivity index (χ0) is 22.2. The number of nitrogens with zero attached hydrogens (tertiary/aromatic N) is 3. The number of benzene rings is 1. The topological polar surface area (TPSA) is 110 Å². The number of nitrogens with one attached hydrogen (secondary N) is 1. The largest absolute Gasteiger partial charge is 0.394 e.